The first-order valence-corrected chi connectivity index (χ1v) is 4.68. The topological polar surface area (TPSA) is 62.3 Å². The average Bonchev–Trinajstić information content (AvgIpc) is 2.17. The number of carbonyl (C=O) groups is 2. The summed E-state index contributed by atoms with van der Waals surface area (Å²) in [6.07, 6.45) is 3.39. The Labute approximate surface area is 87.1 Å². The van der Waals surface area contributed by atoms with Crippen LogP contribution in [0.1, 0.15) is 5.56 Å². The largest absolute Gasteiger partial charge is 0.294 e. The molecule has 2 rings (SSSR count). The molecule has 0 unspecified atom stereocenters. The molecule has 15 heavy (non-hydrogen) atoms. The zero-order valence-corrected chi connectivity index (χ0v) is 8.14. The van der Waals surface area contributed by atoms with E-state index in [9.17, 15) is 9.59 Å². The van der Waals surface area contributed by atoms with Crippen molar-refractivity contribution in [3.05, 3.63) is 30.1 Å². The van der Waals surface area contributed by atoms with E-state index >= 15 is 0 Å². The van der Waals surface area contributed by atoms with Gasteiger partial charge in [0, 0.05) is 18.9 Å². The number of hydrogen-bond acceptors (Lipinski definition) is 4. The van der Waals surface area contributed by atoms with Gasteiger partial charge in [0.1, 0.15) is 0 Å². The molecule has 5 heteroatoms. The highest BCUT2D eigenvalue weighted by molar-refractivity contribution is 5.99. The Kier molecular flexibility index (Phi) is 2.73. The molecule has 0 saturated carbocycles. The first-order chi connectivity index (χ1) is 7.24. The predicted molar refractivity (Wildman–Crippen MR) is 52.7 cm³/mol. The van der Waals surface area contributed by atoms with Crippen LogP contribution in [0.5, 0.6) is 0 Å². The van der Waals surface area contributed by atoms with Crippen molar-refractivity contribution >= 4 is 11.8 Å². The van der Waals surface area contributed by atoms with E-state index in [-0.39, 0.29) is 24.9 Å². The van der Waals surface area contributed by atoms with E-state index in [1.807, 2.05) is 12.1 Å². The number of rotatable bonds is 2. The van der Waals surface area contributed by atoms with Crippen molar-refractivity contribution in [1.82, 2.24) is 15.2 Å². The summed E-state index contributed by atoms with van der Waals surface area (Å²) in [7, 11) is 0. The van der Waals surface area contributed by atoms with Gasteiger partial charge in [-0.3, -0.25) is 24.8 Å². The van der Waals surface area contributed by atoms with Gasteiger partial charge in [0.15, 0.2) is 0 Å². The Morgan fingerprint density at radius 1 is 1.20 bits per heavy atom. The Morgan fingerprint density at radius 2 is 1.80 bits per heavy atom. The number of carbonyl (C=O) groups excluding carboxylic acids is 2. The molecule has 1 aliphatic heterocycles. The summed E-state index contributed by atoms with van der Waals surface area (Å²) in [5.41, 5.74) is 1.05. The quantitative estimate of drug-likeness (QED) is 0.664. The van der Waals surface area contributed by atoms with Crippen LogP contribution in [0.15, 0.2) is 24.5 Å². The molecule has 1 fully saturated rings. The standard InChI is InChI=1S/C10H11N3O2/c14-9-6-13(7-10(15)12-9)5-8-1-3-11-4-2-8/h1-4H,5-7H2,(H,12,14,15). The highest BCUT2D eigenvalue weighted by atomic mass is 16.2. The van der Waals surface area contributed by atoms with Crippen molar-refractivity contribution in [2.45, 2.75) is 6.54 Å². The van der Waals surface area contributed by atoms with Crippen LogP contribution >= 0.6 is 0 Å². The zero-order valence-electron chi connectivity index (χ0n) is 8.14. The summed E-state index contributed by atoms with van der Waals surface area (Å²) in [5.74, 6) is -0.472. The molecule has 1 aromatic rings. The van der Waals surface area contributed by atoms with E-state index in [2.05, 4.69) is 10.3 Å². The van der Waals surface area contributed by atoms with Gasteiger partial charge < -0.3 is 0 Å². The average molecular weight is 205 g/mol. The van der Waals surface area contributed by atoms with E-state index in [0.29, 0.717) is 6.54 Å². The molecule has 2 heterocycles. The molecule has 1 aromatic heterocycles. The highest BCUT2D eigenvalue weighted by Crippen LogP contribution is 2.04. The lowest BCUT2D eigenvalue weighted by Crippen LogP contribution is -2.50. The van der Waals surface area contributed by atoms with Gasteiger partial charge in [0.25, 0.3) is 0 Å². The van der Waals surface area contributed by atoms with Crippen molar-refractivity contribution in [1.29, 1.82) is 0 Å². The van der Waals surface area contributed by atoms with Gasteiger partial charge in [-0.05, 0) is 17.7 Å². The fourth-order valence-electron chi connectivity index (χ4n) is 1.55. The molecule has 2 amide bonds. The molecule has 0 atom stereocenters. The third-order valence-corrected chi connectivity index (χ3v) is 2.17. The number of nitrogens with zero attached hydrogens (tertiary/aromatic N) is 2. The molecule has 0 radical (unpaired) electrons. The molecular weight excluding hydrogens is 194 g/mol. The van der Waals surface area contributed by atoms with Crippen molar-refractivity contribution in [2.24, 2.45) is 0 Å². The lowest BCUT2D eigenvalue weighted by atomic mass is 10.2. The Morgan fingerprint density at radius 3 is 2.40 bits per heavy atom. The summed E-state index contributed by atoms with van der Waals surface area (Å²) in [6.45, 7) is 1.14. The second-order valence-electron chi connectivity index (χ2n) is 3.47. The Hall–Kier alpha value is -1.75. The van der Waals surface area contributed by atoms with Crippen molar-refractivity contribution < 1.29 is 9.59 Å². The SMILES string of the molecule is O=C1CN(Cc2ccncc2)CC(=O)N1. The van der Waals surface area contributed by atoms with Crippen LogP contribution in [-0.4, -0.2) is 34.8 Å². The van der Waals surface area contributed by atoms with Gasteiger partial charge in [-0.2, -0.15) is 0 Å². The highest BCUT2D eigenvalue weighted by Gasteiger charge is 2.21. The van der Waals surface area contributed by atoms with Gasteiger partial charge in [-0.25, -0.2) is 0 Å². The van der Waals surface area contributed by atoms with E-state index in [1.54, 1.807) is 17.3 Å². The summed E-state index contributed by atoms with van der Waals surface area (Å²) in [4.78, 5) is 27.9. The smallest absolute Gasteiger partial charge is 0.240 e. The minimum atomic E-state index is -0.236. The summed E-state index contributed by atoms with van der Waals surface area (Å²) >= 11 is 0. The Balaban J connectivity index is 2.00. The van der Waals surface area contributed by atoms with Gasteiger partial charge in [0.2, 0.25) is 11.8 Å². The van der Waals surface area contributed by atoms with E-state index in [1.165, 1.54) is 0 Å². The fourth-order valence-corrected chi connectivity index (χ4v) is 1.55. The van der Waals surface area contributed by atoms with Crippen LogP contribution in [0.3, 0.4) is 0 Å². The number of imide groups is 1. The number of aromatic nitrogens is 1. The molecular formula is C10H11N3O2. The second kappa shape index (κ2) is 4.18. The van der Waals surface area contributed by atoms with Crippen LogP contribution in [0.4, 0.5) is 0 Å². The van der Waals surface area contributed by atoms with Crippen LogP contribution in [0.2, 0.25) is 0 Å². The third-order valence-electron chi connectivity index (χ3n) is 2.17. The van der Waals surface area contributed by atoms with Gasteiger partial charge in [0.05, 0.1) is 13.1 Å². The lowest BCUT2D eigenvalue weighted by Gasteiger charge is -2.24. The maximum absolute atomic E-state index is 11.1. The first kappa shape index (κ1) is 9.79. The summed E-state index contributed by atoms with van der Waals surface area (Å²) < 4.78 is 0. The van der Waals surface area contributed by atoms with Crippen molar-refractivity contribution in [2.75, 3.05) is 13.1 Å². The maximum atomic E-state index is 11.1. The summed E-state index contributed by atoms with van der Waals surface area (Å²) in [6, 6.07) is 3.74. The minimum Gasteiger partial charge on any atom is -0.294 e. The molecule has 0 aliphatic carbocycles. The zero-order chi connectivity index (χ0) is 10.7. The lowest BCUT2D eigenvalue weighted by molar-refractivity contribution is -0.136. The molecule has 1 saturated heterocycles. The molecule has 0 spiro atoms. The van der Waals surface area contributed by atoms with E-state index in [0.717, 1.165) is 5.56 Å². The van der Waals surface area contributed by atoms with Crippen molar-refractivity contribution in [3.8, 4) is 0 Å². The second-order valence-corrected chi connectivity index (χ2v) is 3.47. The molecule has 0 bridgehead atoms. The predicted octanol–water partition coefficient (Wildman–Crippen LogP) is -0.460. The van der Waals surface area contributed by atoms with Crippen LogP contribution in [0, 0.1) is 0 Å². The third kappa shape index (κ3) is 2.60. The van der Waals surface area contributed by atoms with Crippen LogP contribution in [0.25, 0.3) is 0 Å². The van der Waals surface area contributed by atoms with Crippen LogP contribution in [-0.2, 0) is 16.1 Å². The van der Waals surface area contributed by atoms with Gasteiger partial charge >= 0.3 is 0 Å². The molecule has 5 nitrogen and oxygen atoms in total. The normalized spacial score (nSPS) is 17.6. The maximum Gasteiger partial charge on any atom is 0.240 e. The van der Waals surface area contributed by atoms with E-state index in [4.69, 9.17) is 0 Å². The molecule has 1 N–H and O–H groups in total. The number of nitrogens with one attached hydrogen (secondary N) is 1. The monoisotopic (exact) mass is 205 g/mol. The van der Waals surface area contributed by atoms with Gasteiger partial charge in [-0.15, -0.1) is 0 Å². The number of hydrogen-bond donors (Lipinski definition) is 1. The first-order valence-electron chi connectivity index (χ1n) is 4.68. The van der Waals surface area contributed by atoms with Crippen molar-refractivity contribution in [3.63, 3.8) is 0 Å². The van der Waals surface area contributed by atoms with Gasteiger partial charge in [-0.1, -0.05) is 0 Å². The van der Waals surface area contributed by atoms with E-state index < -0.39 is 0 Å². The molecule has 1 aliphatic rings. The summed E-state index contributed by atoms with van der Waals surface area (Å²) in [5, 5.41) is 2.26. The minimum absolute atomic E-state index is 0.236. The van der Waals surface area contributed by atoms with Crippen LogP contribution < -0.4 is 5.32 Å². The fraction of sp³-hybridized carbons (Fsp3) is 0.300. The molecule has 78 valence electrons. The Bertz CT molecular complexity index is 362. The molecule has 0 aromatic carbocycles. The number of piperazine rings is 1. The number of amides is 2. The number of pyridine rings is 1.